The fourth-order valence-corrected chi connectivity index (χ4v) is 7.99. The number of rotatable bonds is 5. The maximum atomic E-state index is 2.37. The molecule has 0 aromatic carbocycles. The Kier molecular flexibility index (Phi) is 6.32. The zero-order chi connectivity index (χ0) is 22.3. The molecular weight excluding hydrogens is 455 g/mol. The molecule has 0 unspecified atom stereocenters. The number of anilines is 1. The Morgan fingerprint density at radius 3 is 1.94 bits per heavy atom. The zero-order valence-corrected chi connectivity index (χ0v) is 22.5. The Morgan fingerprint density at radius 1 is 0.710 bits per heavy atom. The second-order valence-corrected chi connectivity index (χ2v) is 13.4. The van der Waals surface area contributed by atoms with Crippen molar-refractivity contribution >= 4 is 62.5 Å². The molecule has 0 radical (unpaired) electrons. The van der Waals surface area contributed by atoms with Gasteiger partial charge in [-0.3, -0.25) is 0 Å². The van der Waals surface area contributed by atoms with Crippen molar-refractivity contribution in [2.24, 2.45) is 0 Å². The predicted octanol–water partition coefficient (Wildman–Crippen LogP) is 9.42. The number of aryl methyl sites for hydroxylation is 2. The van der Waals surface area contributed by atoms with Gasteiger partial charge in [0.2, 0.25) is 0 Å². The molecule has 5 heteroatoms. The Hall–Kier alpha value is -1.66. The normalized spacial score (nSPS) is 12.2. The quantitative estimate of drug-likeness (QED) is 0.273. The molecule has 4 heterocycles. The monoisotopic (exact) mass is 483 g/mol. The van der Waals surface area contributed by atoms with Crippen LogP contribution in [0.1, 0.15) is 46.5 Å². The van der Waals surface area contributed by atoms with E-state index in [2.05, 4.69) is 102 Å². The summed E-state index contributed by atoms with van der Waals surface area (Å²) < 4.78 is 0. The molecule has 0 spiro atoms. The summed E-state index contributed by atoms with van der Waals surface area (Å²) in [7, 11) is 4.17. The second kappa shape index (κ2) is 8.70. The lowest BCUT2D eigenvalue weighted by atomic mass is 9.92. The first-order valence-corrected chi connectivity index (χ1v) is 13.7. The highest BCUT2D eigenvalue weighted by molar-refractivity contribution is 7.27. The van der Waals surface area contributed by atoms with Crippen molar-refractivity contribution in [1.29, 1.82) is 0 Å². The van der Waals surface area contributed by atoms with Crippen molar-refractivity contribution in [3.8, 4) is 19.5 Å². The van der Waals surface area contributed by atoms with E-state index < -0.39 is 0 Å². The molecule has 0 bridgehead atoms. The zero-order valence-electron chi connectivity index (χ0n) is 19.2. The molecule has 0 N–H and O–H groups in total. The average Bonchev–Trinajstić information content (AvgIpc) is 3.45. The van der Waals surface area contributed by atoms with Crippen LogP contribution in [0.15, 0.2) is 36.4 Å². The van der Waals surface area contributed by atoms with Crippen LogP contribution < -0.4 is 4.90 Å². The van der Waals surface area contributed by atoms with Gasteiger partial charge in [0, 0.05) is 48.2 Å². The summed E-state index contributed by atoms with van der Waals surface area (Å²) >= 11 is 7.57. The lowest BCUT2D eigenvalue weighted by Crippen LogP contribution is -2.09. The van der Waals surface area contributed by atoms with Crippen molar-refractivity contribution in [2.45, 2.75) is 40.0 Å². The molecule has 0 saturated heterocycles. The molecule has 0 aliphatic heterocycles. The van der Waals surface area contributed by atoms with Gasteiger partial charge in [0.1, 0.15) is 0 Å². The minimum atomic E-state index is 0.201. The van der Waals surface area contributed by atoms with Gasteiger partial charge >= 0.3 is 0 Å². The summed E-state index contributed by atoms with van der Waals surface area (Å²) in [6.45, 7) is 11.4. The number of hydrogen-bond acceptors (Lipinski definition) is 5. The van der Waals surface area contributed by atoms with E-state index in [1.165, 1.54) is 50.3 Å². The molecule has 4 aromatic rings. The highest BCUT2D eigenvalue weighted by Gasteiger charge is 2.21. The maximum absolute atomic E-state index is 2.37. The first-order chi connectivity index (χ1) is 14.6. The van der Waals surface area contributed by atoms with Gasteiger partial charge in [0.15, 0.2) is 0 Å². The highest BCUT2D eigenvalue weighted by Crippen LogP contribution is 2.45. The van der Waals surface area contributed by atoms with Crippen LogP contribution in [0.3, 0.4) is 0 Å². The van der Waals surface area contributed by atoms with E-state index in [1.807, 2.05) is 45.3 Å². The number of nitrogens with zero attached hydrogens (tertiary/aromatic N) is 1. The molecule has 1 nitrogen and oxygen atoms in total. The molecule has 31 heavy (non-hydrogen) atoms. The second-order valence-electron chi connectivity index (χ2n) is 9.10. The summed E-state index contributed by atoms with van der Waals surface area (Å²) in [6.07, 6.45) is 4.46. The first kappa shape index (κ1) is 22.5. The van der Waals surface area contributed by atoms with Gasteiger partial charge < -0.3 is 4.90 Å². The van der Waals surface area contributed by atoms with Gasteiger partial charge in [-0.1, -0.05) is 20.8 Å². The third kappa shape index (κ3) is 4.90. The van der Waals surface area contributed by atoms with Crippen LogP contribution >= 0.6 is 45.3 Å². The maximum Gasteiger partial charge on any atom is 0.0909 e. The van der Waals surface area contributed by atoms with E-state index in [4.69, 9.17) is 0 Å². The van der Waals surface area contributed by atoms with Crippen LogP contribution in [0.2, 0.25) is 0 Å². The SMILES string of the molecule is Cc1cc(-c2cc(C)c(C(C)(C)C)s2)sc1-c1ccc(/C=C\c2ccc(N(C)C)s2)s1. The van der Waals surface area contributed by atoms with E-state index in [1.54, 1.807) is 0 Å². The van der Waals surface area contributed by atoms with E-state index in [9.17, 15) is 0 Å². The number of hydrogen-bond donors (Lipinski definition) is 0. The average molecular weight is 484 g/mol. The van der Waals surface area contributed by atoms with E-state index in [-0.39, 0.29) is 5.41 Å². The Balaban J connectivity index is 1.57. The fraction of sp³-hybridized carbons (Fsp3) is 0.308. The van der Waals surface area contributed by atoms with Crippen LogP contribution in [-0.2, 0) is 5.41 Å². The van der Waals surface area contributed by atoms with Crippen molar-refractivity contribution in [3.63, 3.8) is 0 Å². The van der Waals surface area contributed by atoms with E-state index in [0.717, 1.165) is 0 Å². The molecule has 4 aromatic heterocycles. The summed E-state index contributed by atoms with van der Waals surface area (Å²) in [5.74, 6) is 0. The van der Waals surface area contributed by atoms with Crippen LogP contribution in [0.5, 0.6) is 0 Å². The van der Waals surface area contributed by atoms with Crippen LogP contribution in [-0.4, -0.2) is 14.1 Å². The smallest absolute Gasteiger partial charge is 0.0909 e. The third-order valence-electron chi connectivity index (χ3n) is 5.08. The Bertz CT molecular complexity index is 1220. The topological polar surface area (TPSA) is 3.24 Å². The molecule has 0 atom stereocenters. The summed E-state index contributed by atoms with van der Waals surface area (Å²) in [5.41, 5.74) is 2.98. The molecule has 0 aliphatic rings. The molecule has 162 valence electrons. The molecule has 0 saturated carbocycles. The molecule has 0 amide bonds. The number of thiophene rings is 4. The van der Waals surface area contributed by atoms with Gasteiger partial charge in [-0.25, -0.2) is 0 Å². The lowest BCUT2D eigenvalue weighted by molar-refractivity contribution is 0.600. The molecule has 4 rings (SSSR count). The molecular formula is C26H29NS4. The molecule has 0 fully saturated rings. The third-order valence-corrected chi connectivity index (χ3v) is 10.6. The van der Waals surface area contributed by atoms with Crippen LogP contribution in [0, 0.1) is 13.8 Å². The van der Waals surface area contributed by atoms with Crippen molar-refractivity contribution in [2.75, 3.05) is 19.0 Å². The van der Waals surface area contributed by atoms with E-state index >= 15 is 0 Å². The van der Waals surface area contributed by atoms with Crippen molar-refractivity contribution < 1.29 is 0 Å². The first-order valence-electron chi connectivity index (χ1n) is 10.4. The minimum Gasteiger partial charge on any atom is -0.370 e. The Morgan fingerprint density at radius 2 is 1.32 bits per heavy atom. The Labute approximate surface area is 202 Å². The summed E-state index contributed by atoms with van der Waals surface area (Å²) in [6, 6.07) is 13.6. The van der Waals surface area contributed by atoms with Gasteiger partial charge in [-0.15, -0.1) is 45.3 Å². The lowest BCUT2D eigenvalue weighted by Gasteiger charge is -2.17. The van der Waals surface area contributed by atoms with Crippen molar-refractivity contribution in [3.05, 3.63) is 62.2 Å². The largest absolute Gasteiger partial charge is 0.370 e. The van der Waals surface area contributed by atoms with Gasteiger partial charge in [-0.05, 0) is 78.9 Å². The van der Waals surface area contributed by atoms with E-state index in [0.29, 0.717) is 0 Å². The van der Waals surface area contributed by atoms with Crippen molar-refractivity contribution in [1.82, 2.24) is 0 Å². The van der Waals surface area contributed by atoms with Crippen LogP contribution in [0.4, 0.5) is 5.00 Å². The summed E-state index contributed by atoms with van der Waals surface area (Å²) in [5, 5.41) is 1.28. The summed E-state index contributed by atoms with van der Waals surface area (Å²) in [4.78, 5) is 11.8. The predicted molar refractivity (Wildman–Crippen MR) is 147 cm³/mol. The van der Waals surface area contributed by atoms with Crippen LogP contribution in [0.25, 0.3) is 31.7 Å². The standard InChI is InChI=1S/C26H29NS4/c1-16-14-21(22-15-17(2)25(31-22)26(3,4)5)30-24(16)20-12-10-18(28-20)8-9-19-11-13-23(29-19)27(6)7/h8-15H,1-7H3/b9-8-. The minimum absolute atomic E-state index is 0.201. The van der Waals surface area contributed by atoms with Gasteiger partial charge in [0.25, 0.3) is 0 Å². The highest BCUT2D eigenvalue weighted by atomic mass is 32.1. The van der Waals surface area contributed by atoms with Gasteiger partial charge in [0.05, 0.1) is 5.00 Å². The van der Waals surface area contributed by atoms with Gasteiger partial charge in [-0.2, -0.15) is 0 Å². The molecule has 0 aliphatic carbocycles. The fourth-order valence-electron chi connectivity index (χ4n) is 3.60.